The Bertz CT molecular complexity index is 1330. The van der Waals surface area contributed by atoms with Crippen LogP contribution in [0.2, 0.25) is 0 Å². The molecule has 0 aromatic heterocycles. The van der Waals surface area contributed by atoms with Crippen molar-refractivity contribution in [1.82, 2.24) is 0 Å². The van der Waals surface area contributed by atoms with Crippen molar-refractivity contribution in [1.29, 1.82) is 0 Å². The summed E-state index contributed by atoms with van der Waals surface area (Å²) in [6.07, 6.45) is 6.28. The number of ether oxygens (including phenoxy) is 9. The maximum Gasteiger partial charge on any atom is 0.161 e. The number of fused-ring (bicyclic) bond motifs is 1. The highest BCUT2D eigenvalue weighted by atomic mass is 16.8. The third-order valence-electron chi connectivity index (χ3n) is 13.6. The molecule has 9 aliphatic heterocycles. The van der Waals surface area contributed by atoms with Gasteiger partial charge in [-0.15, -0.1) is 0 Å². The molecule has 6 bridgehead atoms. The normalized spacial score (nSPS) is 47.9. The Hall–Kier alpha value is -1.29. The van der Waals surface area contributed by atoms with E-state index in [-0.39, 0.29) is 129 Å². The number of hydrogen-bond donors (Lipinski definition) is 2. The SMILES string of the molecule is C=C1C(C[C@@H]2OC(CC(O)CN)[C@H](OC)C2CC(=O)CC2CC[C@@H]3OC4C5O[C@@H]6CC(OC5C3O2)OC46)O[C@@H](CC[C@@H]2OC(CCC)CC2=C)C[C@H]1C. The zero-order chi connectivity index (χ0) is 37.0. The Balaban J connectivity index is 0.908. The van der Waals surface area contributed by atoms with E-state index in [2.05, 4.69) is 27.0 Å². The van der Waals surface area contributed by atoms with Gasteiger partial charge < -0.3 is 53.5 Å². The van der Waals surface area contributed by atoms with Crippen LogP contribution in [-0.4, -0.2) is 128 Å². The van der Waals surface area contributed by atoms with Crippen LogP contribution in [0.4, 0.5) is 0 Å². The first-order valence-corrected chi connectivity index (χ1v) is 20.6. The zero-order valence-electron chi connectivity index (χ0n) is 31.9. The van der Waals surface area contributed by atoms with E-state index in [0.29, 0.717) is 12.8 Å². The highest BCUT2D eigenvalue weighted by molar-refractivity contribution is 5.79. The first-order chi connectivity index (χ1) is 25.6. The third kappa shape index (κ3) is 7.86. The predicted molar refractivity (Wildman–Crippen MR) is 193 cm³/mol. The summed E-state index contributed by atoms with van der Waals surface area (Å²) in [4.78, 5) is 14.0. The number of methoxy groups -OCH3 is 1. The molecule has 19 atom stereocenters. The lowest BCUT2D eigenvalue weighted by molar-refractivity contribution is -0.264. The van der Waals surface area contributed by atoms with Gasteiger partial charge in [0.15, 0.2) is 6.29 Å². The summed E-state index contributed by atoms with van der Waals surface area (Å²) in [5.41, 5.74) is 8.07. The Labute approximate surface area is 314 Å². The molecule has 0 saturated carbocycles. The molecule has 298 valence electrons. The van der Waals surface area contributed by atoms with Crippen molar-refractivity contribution in [2.75, 3.05) is 13.7 Å². The van der Waals surface area contributed by atoms with Crippen LogP contribution < -0.4 is 5.73 Å². The quantitative estimate of drug-likeness (QED) is 0.233. The Kier molecular flexibility index (Phi) is 11.9. The van der Waals surface area contributed by atoms with Crippen LogP contribution in [0.25, 0.3) is 0 Å². The average molecular weight is 746 g/mol. The van der Waals surface area contributed by atoms with E-state index < -0.39 is 12.2 Å². The minimum Gasteiger partial charge on any atom is -0.392 e. The third-order valence-corrected chi connectivity index (χ3v) is 13.6. The van der Waals surface area contributed by atoms with E-state index in [0.717, 1.165) is 63.4 Å². The van der Waals surface area contributed by atoms with Gasteiger partial charge in [0, 0.05) is 51.7 Å². The minimum absolute atomic E-state index is 0.0124. The molecule has 12 heteroatoms. The number of Topliss-reactive ketones (excluding diaryl/α,β-unsaturated/α-hetero) is 1. The summed E-state index contributed by atoms with van der Waals surface area (Å²) in [7, 11) is 1.66. The molecule has 0 aromatic rings. The van der Waals surface area contributed by atoms with Gasteiger partial charge in [0.05, 0.1) is 67.1 Å². The van der Waals surface area contributed by atoms with Crippen LogP contribution >= 0.6 is 0 Å². The summed E-state index contributed by atoms with van der Waals surface area (Å²) in [5.74, 6) is 0.157. The summed E-state index contributed by atoms with van der Waals surface area (Å²) in [6, 6.07) is 0. The molecule has 12 unspecified atom stereocenters. The van der Waals surface area contributed by atoms with Crippen molar-refractivity contribution < 1.29 is 52.5 Å². The highest BCUT2D eigenvalue weighted by Gasteiger charge is 2.64. The van der Waals surface area contributed by atoms with Crippen LogP contribution in [0.3, 0.4) is 0 Å². The molecule has 9 saturated heterocycles. The number of hydrogen-bond acceptors (Lipinski definition) is 12. The fourth-order valence-electron chi connectivity index (χ4n) is 10.8. The number of carbonyl (C=O) groups is 1. The number of ketones is 1. The highest BCUT2D eigenvalue weighted by Crippen LogP contribution is 2.49. The number of aliphatic hydroxyl groups excluding tert-OH is 1. The van der Waals surface area contributed by atoms with Crippen LogP contribution in [0.15, 0.2) is 24.3 Å². The second kappa shape index (κ2) is 16.3. The molecule has 0 spiro atoms. The van der Waals surface area contributed by atoms with E-state index in [1.54, 1.807) is 7.11 Å². The van der Waals surface area contributed by atoms with E-state index in [1.807, 2.05) is 0 Å². The summed E-state index contributed by atoms with van der Waals surface area (Å²) >= 11 is 0. The summed E-state index contributed by atoms with van der Waals surface area (Å²) in [6.45, 7) is 13.3. The summed E-state index contributed by atoms with van der Waals surface area (Å²) < 4.78 is 57.8. The van der Waals surface area contributed by atoms with Gasteiger partial charge in [0.25, 0.3) is 0 Å². The molecule has 12 nitrogen and oxygen atoms in total. The van der Waals surface area contributed by atoms with Crippen LogP contribution in [-0.2, 0) is 47.4 Å². The van der Waals surface area contributed by atoms with E-state index in [1.165, 1.54) is 5.57 Å². The van der Waals surface area contributed by atoms with Crippen LogP contribution in [0.1, 0.15) is 97.3 Å². The largest absolute Gasteiger partial charge is 0.392 e. The number of rotatable bonds is 15. The lowest BCUT2D eigenvalue weighted by Crippen LogP contribution is -2.61. The van der Waals surface area contributed by atoms with E-state index in [4.69, 9.17) is 48.4 Å². The lowest BCUT2D eigenvalue weighted by atomic mass is 9.81. The molecular formula is C41H63NO11. The van der Waals surface area contributed by atoms with Gasteiger partial charge in [-0.2, -0.15) is 0 Å². The molecule has 0 aromatic carbocycles. The molecule has 53 heavy (non-hydrogen) atoms. The van der Waals surface area contributed by atoms with Gasteiger partial charge in [-0.3, -0.25) is 4.79 Å². The first-order valence-electron chi connectivity index (χ1n) is 20.6. The van der Waals surface area contributed by atoms with Crippen molar-refractivity contribution in [2.24, 2.45) is 17.6 Å². The molecule has 0 aliphatic carbocycles. The summed E-state index contributed by atoms with van der Waals surface area (Å²) in [5, 5.41) is 10.5. The molecule has 9 aliphatic rings. The van der Waals surface area contributed by atoms with Crippen molar-refractivity contribution in [3.63, 3.8) is 0 Å². The first kappa shape index (κ1) is 38.6. The van der Waals surface area contributed by atoms with Crippen molar-refractivity contribution in [3.8, 4) is 0 Å². The van der Waals surface area contributed by atoms with E-state index in [9.17, 15) is 9.90 Å². The maximum atomic E-state index is 14.0. The monoisotopic (exact) mass is 745 g/mol. The molecule has 9 rings (SSSR count). The Morgan fingerprint density at radius 2 is 1.57 bits per heavy atom. The van der Waals surface area contributed by atoms with Gasteiger partial charge in [0.2, 0.25) is 0 Å². The predicted octanol–water partition coefficient (Wildman–Crippen LogP) is 4.07. The molecule has 9 fully saturated rings. The topological polar surface area (TPSA) is 146 Å². The standard InChI is InChI=1S/C41H63NO11/c1-6-7-25-13-21(3)29(46-25)10-8-26-12-20(2)22(4)31(47-26)17-32-28(36(45-5)33(49-32)16-24(44)19-42)15-23(43)14-27-9-11-30-37(48-27)40-41-39(50-30)38-34(51-41)18-35(52-38)53-40/h20,24-41,44H,3-4,6-19,42H2,1-2,5H3/t20-,24?,25?,26+,27?,28?,29+,30+,31?,32+,33?,34-,35?,36-,37?,38?,39?,40?,41?/m1/s1. The van der Waals surface area contributed by atoms with Gasteiger partial charge >= 0.3 is 0 Å². The number of aliphatic hydroxyl groups is 1. The number of carbonyl (C=O) groups excluding carboxylic acids is 1. The van der Waals surface area contributed by atoms with Crippen molar-refractivity contribution >= 4 is 5.78 Å². The average Bonchev–Trinajstić information content (AvgIpc) is 3.81. The lowest BCUT2D eigenvalue weighted by Gasteiger charge is -2.46. The maximum absolute atomic E-state index is 14.0. The fourth-order valence-corrected chi connectivity index (χ4v) is 10.8. The van der Waals surface area contributed by atoms with Gasteiger partial charge in [-0.25, -0.2) is 0 Å². The second-order valence-electron chi connectivity index (χ2n) is 17.3. The second-order valence-corrected chi connectivity index (χ2v) is 17.3. The van der Waals surface area contributed by atoms with E-state index >= 15 is 0 Å². The molecule has 3 N–H and O–H groups in total. The molecule has 0 radical (unpaired) electrons. The molecule has 9 heterocycles. The Morgan fingerprint density at radius 3 is 2.36 bits per heavy atom. The number of nitrogens with two attached hydrogens (primary N) is 1. The van der Waals surface area contributed by atoms with Crippen molar-refractivity contribution in [3.05, 3.63) is 24.3 Å². The molecule has 0 amide bonds. The molecular weight excluding hydrogens is 682 g/mol. The van der Waals surface area contributed by atoms with Gasteiger partial charge in [-0.05, 0) is 62.0 Å². The van der Waals surface area contributed by atoms with Crippen molar-refractivity contribution in [2.45, 2.75) is 201 Å². The fraction of sp³-hybridized carbons (Fsp3) is 0.878. The van der Waals surface area contributed by atoms with Crippen LogP contribution in [0, 0.1) is 11.8 Å². The van der Waals surface area contributed by atoms with Gasteiger partial charge in [0.1, 0.15) is 36.3 Å². The minimum atomic E-state index is -0.731. The smallest absolute Gasteiger partial charge is 0.161 e. The van der Waals surface area contributed by atoms with Crippen LogP contribution in [0.5, 0.6) is 0 Å². The van der Waals surface area contributed by atoms with Gasteiger partial charge in [-0.1, -0.05) is 33.4 Å². The Morgan fingerprint density at radius 1 is 0.830 bits per heavy atom. The zero-order valence-corrected chi connectivity index (χ0v) is 31.9.